The van der Waals surface area contributed by atoms with E-state index in [1.807, 2.05) is 26.8 Å². The molecule has 1 heterocycles. The number of carbonyl (C=O) groups is 1. The first-order valence-electron chi connectivity index (χ1n) is 11.9. The first kappa shape index (κ1) is 26.5. The summed E-state index contributed by atoms with van der Waals surface area (Å²) in [5, 5.41) is 22.4. The van der Waals surface area contributed by atoms with Crippen molar-refractivity contribution in [3.63, 3.8) is 0 Å². The molecule has 0 bridgehead atoms. The second-order valence-electron chi connectivity index (χ2n) is 9.30. The van der Waals surface area contributed by atoms with Crippen LogP contribution in [0.1, 0.15) is 80.3 Å². The number of allylic oxidation sites excluding steroid dienone is 3. The van der Waals surface area contributed by atoms with Gasteiger partial charge in [-0.25, -0.2) is 13.1 Å². The van der Waals surface area contributed by atoms with E-state index < -0.39 is 21.7 Å². The predicted octanol–water partition coefficient (Wildman–Crippen LogP) is 5.36. The number of carbonyl (C=O) groups excluding carboxylic acids is 1. The number of phenols is 2. The van der Waals surface area contributed by atoms with E-state index in [1.54, 1.807) is 0 Å². The van der Waals surface area contributed by atoms with Gasteiger partial charge in [0.05, 0.1) is 5.56 Å². The van der Waals surface area contributed by atoms with Crippen LogP contribution in [-0.4, -0.2) is 29.5 Å². The topological polar surface area (TPSA) is 117 Å². The molecule has 2 atom stereocenters. The number of aromatic hydroxyl groups is 2. The normalized spacial score (nSPS) is 18.1. The van der Waals surface area contributed by atoms with Crippen molar-refractivity contribution in [1.82, 2.24) is 9.71 Å². The monoisotopic (exact) mass is 498 g/mol. The number of sulfonamides is 1. The number of hydrogen-bond donors (Lipinski definition) is 3. The molecule has 0 saturated heterocycles. The first-order chi connectivity index (χ1) is 16.6. The lowest BCUT2D eigenvalue weighted by molar-refractivity contribution is 0.0977. The Morgan fingerprint density at radius 1 is 1.29 bits per heavy atom. The third kappa shape index (κ3) is 5.93. The Morgan fingerprint density at radius 3 is 2.66 bits per heavy atom. The minimum Gasteiger partial charge on any atom is -0.507 e. The molecule has 1 aromatic carbocycles. The standard InChI is InChI=1S/C27H34N2O5S/c1-5-6-7-9-19-15-23(30)25(22-14-18(4)11-12-21(22)17(2)3)26(31)24(19)27(32)29-35(33,34)20-10-8-13-28-16-20/h8,10,13-16,21-22,30-31H,2,5-7,9,11-12H2,1,3-4H3,(H,29,32). The highest BCUT2D eigenvalue weighted by molar-refractivity contribution is 7.90. The number of hydrogen-bond acceptors (Lipinski definition) is 6. The maximum absolute atomic E-state index is 13.3. The number of phenolic OH excluding ortho intramolecular Hbond substituents is 2. The van der Waals surface area contributed by atoms with Gasteiger partial charge in [0.25, 0.3) is 15.9 Å². The Balaban J connectivity index is 2.13. The minimum atomic E-state index is -4.21. The SMILES string of the molecule is C=C(C)C1CCC(C)=CC1c1c(O)cc(CCCCC)c(C(=O)NS(=O)(=O)c2cccnc2)c1O. The number of rotatable bonds is 9. The van der Waals surface area contributed by atoms with E-state index in [1.165, 1.54) is 24.4 Å². The van der Waals surface area contributed by atoms with Crippen LogP contribution >= 0.6 is 0 Å². The third-order valence-corrected chi connectivity index (χ3v) is 7.88. The van der Waals surface area contributed by atoms with Crippen LogP contribution in [0.2, 0.25) is 0 Å². The van der Waals surface area contributed by atoms with Gasteiger partial charge in [-0.3, -0.25) is 9.78 Å². The highest BCUT2D eigenvalue weighted by Crippen LogP contribution is 2.48. The Morgan fingerprint density at radius 2 is 2.03 bits per heavy atom. The van der Waals surface area contributed by atoms with Crippen LogP contribution in [0.5, 0.6) is 11.5 Å². The Bertz CT molecular complexity index is 1240. The lowest BCUT2D eigenvalue weighted by Gasteiger charge is -2.32. The molecule has 3 rings (SSSR count). The Labute approximate surface area is 207 Å². The van der Waals surface area contributed by atoms with Crippen molar-refractivity contribution in [2.45, 2.75) is 70.1 Å². The second-order valence-corrected chi connectivity index (χ2v) is 11.0. The molecule has 0 saturated carbocycles. The summed E-state index contributed by atoms with van der Waals surface area (Å²) in [5.41, 5.74) is 2.52. The number of amides is 1. The fraction of sp³-hybridized carbons (Fsp3) is 0.407. The van der Waals surface area contributed by atoms with Gasteiger partial charge in [-0.05, 0) is 69.2 Å². The predicted molar refractivity (Wildman–Crippen MR) is 136 cm³/mol. The summed E-state index contributed by atoms with van der Waals surface area (Å²) in [6, 6.07) is 4.28. The van der Waals surface area contributed by atoms with Crippen molar-refractivity contribution in [2.24, 2.45) is 5.92 Å². The zero-order valence-corrected chi connectivity index (χ0v) is 21.4. The molecule has 1 aliphatic rings. The lowest BCUT2D eigenvalue weighted by Crippen LogP contribution is -2.31. The van der Waals surface area contributed by atoms with Crippen LogP contribution in [0, 0.1) is 5.92 Å². The molecule has 0 aliphatic heterocycles. The van der Waals surface area contributed by atoms with E-state index >= 15 is 0 Å². The van der Waals surface area contributed by atoms with Crippen molar-refractivity contribution in [3.8, 4) is 11.5 Å². The Kier molecular flexibility index (Phi) is 8.38. The number of benzene rings is 1. The fourth-order valence-corrected chi connectivity index (χ4v) is 5.63. The third-order valence-electron chi connectivity index (χ3n) is 6.56. The average Bonchev–Trinajstić information content (AvgIpc) is 2.79. The van der Waals surface area contributed by atoms with Gasteiger partial charge in [0.1, 0.15) is 16.4 Å². The number of nitrogens with one attached hydrogen (secondary N) is 1. The number of unbranched alkanes of at least 4 members (excludes halogenated alkanes) is 2. The maximum Gasteiger partial charge on any atom is 0.269 e. The molecule has 2 aromatic rings. The van der Waals surface area contributed by atoms with E-state index in [2.05, 4.69) is 16.3 Å². The summed E-state index contributed by atoms with van der Waals surface area (Å²) in [6.07, 6.45) is 9.21. The van der Waals surface area contributed by atoms with Crippen LogP contribution in [0.25, 0.3) is 0 Å². The van der Waals surface area contributed by atoms with Gasteiger partial charge in [0, 0.05) is 23.9 Å². The summed E-state index contributed by atoms with van der Waals surface area (Å²) in [5.74, 6) is -1.85. The quantitative estimate of drug-likeness (QED) is 0.317. The van der Waals surface area contributed by atoms with E-state index in [0.717, 1.165) is 49.4 Å². The van der Waals surface area contributed by atoms with Gasteiger partial charge >= 0.3 is 0 Å². The van der Waals surface area contributed by atoms with Crippen molar-refractivity contribution in [2.75, 3.05) is 0 Å². The number of aryl methyl sites for hydroxylation is 1. The summed E-state index contributed by atoms with van der Waals surface area (Å²) < 4.78 is 27.7. The lowest BCUT2D eigenvalue weighted by atomic mass is 9.73. The highest BCUT2D eigenvalue weighted by Gasteiger charge is 2.34. The number of pyridine rings is 1. The van der Waals surface area contributed by atoms with Crippen LogP contribution in [0.15, 0.2) is 59.3 Å². The molecule has 7 nitrogen and oxygen atoms in total. The van der Waals surface area contributed by atoms with E-state index in [-0.39, 0.29) is 33.6 Å². The van der Waals surface area contributed by atoms with Crippen molar-refractivity contribution >= 4 is 15.9 Å². The largest absolute Gasteiger partial charge is 0.507 e. The second kappa shape index (κ2) is 11.1. The molecule has 3 N–H and O–H groups in total. The number of nitrogens with zero attached hydrogens (tertiary/aromatic N) is 1. The van der Waals surface area contributed by atoms with Crippen molar-refractivity contribution in [1.29, 1.82) is 0 Å². The van der Waals surface area contributed by atoms with Crippen LogP contribution in [0.3, 0.4) is 0 Å². The van der Waals surface area contributed by atoms with Crippen molar-refractivity contribution in [3.05, 3.63) is 71.1 Å². The van der Waals surface area contributed by atoms with Gasteiger partial charge in [0.15, 0.2) is 0 Å². The molecule has 2 unspecified atom stereocenters. The molecule has 8 heteroatoms. The minimum absolute atomic E-state index is 0.0310. The van der Waals surface area contributed by atoms with Gasteiger partial charge in [-0.1, -0.05) is 43.6 Å². The molecule has 188 valence electrons. The molecular weight excluding hydrogens is 464 g/mol. The first-order valence-corrected chi connectivity index (χ1v) is 13.4. The van der Waals surface area contributed by atoms with E-state index in [4.69, 9.17) is 0 Å². The fourth-order valence-electron chi connectivity index (χ4n) is 4.71. The summed E-state index contributed by atoms with van der Waals surface area (Å²) in [7, 11) is -4.21. The zero-order valence-electron chi connectivity index (χ0n) is 20.5. The van der Waals surface area contributed by atoms with Gasteiger partial charge in [0.2, 0.25) is 0 Å². The van der Waals surface area contributed by atoms with Crippen molar-refractivity contribution < 1.29 is 23.4 Å². The highest BCUT2D eigenvalue weighted by atomic mass is 32.2. The van der Waals surface area contributed by atoms with Gasteiger partial charge in [-0.2, -0.15) is 0 Å². The van der Waals surface area contributed by atoms with E-state index in [0.29, 0.717) is 12.0 Å². The van der Waals surface area contributed by atoms with Crippen LogP contribution in [-0.2, 0) is 16.4 Å². The summed E-state index contributed by atoms with van der Waals surface area (Å²) in [4.78, 5) is 17.0. The van der Waals surface area contributed by atoms with Gasteiger partial charge < -0.3 is 10.2 Å². The molecular formula is C27H34N2O5S. The molecule has 35 heavy (non-hydrogen) atoms. The molecule has 1 aromatic heterocycles. The zero-order chi connectivity index (χ0) is 25.8. The number of aromatic nitrogens is 1. The van der Waals surface area contributed by atoms with Crippen LogP contribution < -0.4 is 4.72 Å². The van der Waals surface area contributed by atoms with E-state index in [9.17, 15) is 23.4 Å². The molecule has 1 amide bonds. The molecule has 0 fully saturated rings. The Hall–Kier alpha value is -3.13. The van der Waals surface area contributed by atoms with Gasteiger partial charge in [-0.15, -0.1) is 0 Å². The molecule has 1 aliphatic carbocycles. The molecule has 0 radical (unpaired) electrons. The molecule has 0 spiro atoms. The van der Waals surface area contributed by atoms with Crippen LogP contribution in [0.4, 0.5) is 0 Å². The summed E-state index contributed by atoms with van der Waals surface area (Å²) in [6.45, 7) is 10.0. The maximum atomic E-state index is 13.3. The summed E-state index contributed by atoms with van der Waals surface area (Å²) >= 11 is 0. The smallest absolute Gasteiger partial charge is 0.269 e. The average molecular weight is 499 g/mol.